The van der Waals surface area contributed by atoms with Crippen molar-refractivity contribution in [1.82, 2.24) is 15.1 Å². The lowest BCUT2D eigenvalue weighted by atomic mass is 10.0. The topological polar surface area (TPSA) is 75.3 Å². The number of nitrogens with one attached hydrogen (secondary N) is 1. The van der Waals surface area contributed by atoms with Crippen molar-refractivity contribution < 1.29 is 14.3 Å². The van der Waals surface area contributed by atoms with Crippen LogP contribution in [0, 0.1) is 0 Å². The van der Waals surface area contributed by atoms with E-state index in [-0.39, 0.29) is 5.91 Å². The lowest BCUT2D eigenvalue weighted by molar-refractivity contribution is -0.131. The molecule has 0 saturated carbocycles. The van der Waals surface area contributed by atoms with Crippen molar-refractivity contribution >= 4 is 23.5 Å². The number of amides is 1. The van der Waals surface area contributed by atoms with E-state index in [1.54, 1.807) is 29.2 Å². The van der Waals surface area contributed by atoms with E-state index >= 15 is 0 Å². The molecule has 0 unspecified atom stereocenters. The Bertz CT molecular complexity index is 1030. The van der Waals surface area contributed by atoms with Gasteiger partial charge in [-0.1, -0.05) is 23.7 Å². The van der Waals surface area contributed by atoms with Crippen LogP contribution in [0.15, 0.2) is 48.5 Å². The highest BCUT2D eigenvalue weighted by atomic mass is 35.5. The first-order chi connectivity index (χ1) is 13.5. The fraction of sp³-hybridized carbons (Fsp3) is 0.190. The van der Waals surface area contributed by atoms with Crippen LogP contribution in [0.2, 0.25) is 5.02 Å². The van der Waals surface area contributed by atoms with Gasteiger partial charge in [-0.3, -0.25) is 14.7 Å². The van der Waals surface area contributed by atoms with Crippen molar-refractivity contribution in [3.8, 4) is 17.0 Å². The van der Waals surface area contributed by atoms with Gasteiger partial charge in [0.15, 0.2) is 0 Å². The maximum absolute atomic E-state index is 12.9. The van der Waals surface area contributed by atoms with Crippen LogP contribution in [-0.4, -0.2) is 33.5 Å². The summed E-state index contributed by atoms with van der Waals surface area (Å²) in [4.78, 5) is 25.8. The average Bonchev–Trinajstić information content (AvgIpc) is 3.11. The fourth-order valence-corrected chi connectivity index (χ4v) is 3.46. The molecule has 1 N–H and O–H groups in total. The quantitative estimate of drug-likeness (QED) is 0.539. The summed E-state index contributed by atoms with van der Waals surface area (Å²) in [6, 6.07) is 14.1. The molecule has 0 spiro atoms. The van der Waals surface area contributed by atoms with Crippen LogP contribution < -0.4 is 4.74 Å². The number of hydrogen-bond acceptors (Lipinski definition) is 4. The minimum atomic E-state index is -0.391. The first kappa shape index (κ1) is 18.3. The number of nitrogens with zero attached hydrogens (tertiary/aromatic N) is 2. The molecule has 0 saturated heterocycles. The summed E-state index contributed by atoms with van der Waals surface area (Å²) in [6.45, 7) is 2.43. The number of carbonyl (C=O) groups excluding carboxylic acids is 2. The monoisotopic (exact) mass is 395 g/mol. The number of rotatable bonds is 3. The molecule has 1 aliphatic heterocycles. The summed E-state index contributed by atoms with van der Waals surface area (Å²) < 4.78 is 5.02. The van der Waals surface area contributed by atoms with E-state index in [0.29, 0.717) is 35.8 Å². The SMILES string of the molecule is CC(=O)Oc1ccc(C(=O)N2CCc3[nH]nc(-c4ccc(Cl)cc4)c3C2)cc1. The second-order valence-corrected chi connectivity index (χ2v) is 7.07. The van der Waals surface area contributed by atoms with Crippen LogP contribution >= 0.6 is 11.6 Å². The van der Waals surface area contributed by atoms with Gasteiger partial charge >= 0.3 is 5.97 Å². The number of benzene rings is 2. The molecule has 28 heavy (non-hydrogen) atoms. The van der Waals surface area contributed by atoms with Gasteiger partial charge in [-0.25, -0.2) is 0 Å². The Labute approximate surface area is 167 Å². The van der Waals surface area contributed by atoms with Gasteiger partial charge in [0.25, 0.3) is 5.91 Å². The predicted molar refractivity (Wildman–Crippen MR) is 105 cm³/mol. The third kappa shape index (κ3) is 3.64. The number of fused-ring (bicyclic) bond motifs is 1. The van der Waals surface area contributed by atoms with Gasteiger partial charge in [0, 0.05) is 53.8 Å². The zero-order valence-corrected chi connectivity index (χ0v) is 16.0. The van der Waals surface area contributed by atoms with Crippen LogP contribution in [0.4, 0.5) is 0 Å². The molecule has 2 heterocycles. The third-order valence-electron chi connectivity index (χ3n) is 4.70. The van der Waals surface area contributed by atoms with Crippen molar-refractivity contribution in [2.75, 3.05) is 6.54 Å². The van der Waals surface area contributed by atoms with E-state index in [9.17, 15) is 9.59 Å². The lowest BCUT2D eigenvalue weighted by Gasteiger charge is -2.27. The van der Waals surface area contributed by atoms with Crippen molar-refractivity contribution in [2.24, 2.45) is 0 Å². The molecule has 1 aromatic heterocycles. The van der Waals surface area contributed by atoms with E-state index in [1.165, 1.54) is 6.92 Å². The Balaban J connectivity index is 1.55. The molecule has 0 aliphatic carbocycles. The minimum absolute atomic E-state index is 0.0664. The van der Waals surface area contributed by atoms with E-state index in [4.69, 9.17) is 16.3 Å². The largest absolute Gasteiger partial charge is 0.427 e. The second-order valence-electron chi connectivity index (χ2n) is 6.63. The maximum Gasteiger partial charge on any atom is 0.308 e. The van der Waals surface area contributed by atoms with Gasteiger partial charge in [-0.05, 0) is 36.4 Å². The maximum atomic E-state index is 12.9. The van der Waals surface area contributed by atoms with Gasteiger partial charge < -0.3 is 9.64 Å². The number of esters is 1. The molecule has 6 nitrogen and oxygen atoms in total. The molecular weight excluding hydrogens is 378 g/mol. The van der Waals surface area contributed by atoms with E-state index in [0.717, 1.165) is 22.5 Å². The molecule has 4 rings (SSSR count). The molecule has 7 heteroatoms. The van der Waals surface area contributed by atoms with Crippen LogP contribution in [0.5, 0.6) is 5.75 Å². The highest BCUT2D eigenvalue weighted by Gasteiger charge is 2.26. The first-order valence-electron chi connectivity index (χ1n) is 8.91. The van der Waals surface area contributed by atoms with Gasteiger partial charge in [0.1, 0.15) is 5.75 Å². The lowest BCUT2D eigenvalue weighted by Crippen LogP contribution is -2.35. The molecule has 0 radical (unpaired) electrons. The Morgan fingerprint density at radius 3 is 2.50 bits per heavy atom. The highest BCUT2D eigenvalue weighted by Crippen LogP contribution is 2.30. The molecule has 1 amide bonds. The summed E-state index contributed by atoms with van der Waals surface area (Å²) in [5.41, 5.74) is 4.44. The fourth-order valence-electron chi connectivity index (χ4n) is 3.33. The Kier molecular flexibility index (Phi) is 4.88. The number of aromatic amines is 1. The summed E-state index contributed by atoms with van der Waals surface area (Å²) in [5.74, 6) is -0.0366. The van der Waals surface area contributed by atoms with Crippen molar-refractivity contribution in [3.63, 3.8) is 0 Å². The number of H-pyrrole nitrogens is 1. The Hall–Kier alpha value is -3.12. The summed E-state index contributed by atoms with van der Waals surface area (Å²) in [7, 11) is 0. The summed E-state index contributed by atoms with van der Waals surface area (Å²) in [6.07, 6.45) is 0.715. The van der Waals surface area contributed by atoms with E-state index in [1.807, 2.05) is 24.3 Å². The second kappa shape index (κ2) is 7.48. The number of hydrogen-bond donors (Lipinski definition) is 1. The van der Waals surface area contributed by atoms with Gasteiger partial charge in [-0.2, -0.15) is 5.10 Å². The number of carbonyl (C=O) groups is 2. The van der Waals surface area contributed by atoms with Gasteiger partial charge in [0.2, 0.25) is 0 Å². The molecule has 3 aromatic rings. The number of halogens is 1. The first-order valence-corrected chi connectivity index (χ1v) is 9.29. The van der Waals surface area contributed by atoms with Gasteiger partial charge in [-0.15, -0.1) is 0 Å². The highest BCUT2D eigenvalue weighted by molar-refractivity contribution is 6.30. The summed E-state index contributed by atoms with van der Waals surface area (Å²) >= 11 is 5.98. The average molecular weight is 396 g/mol. The standard InChI is InChI=1S/C21H18ClN3O3/c1-13(26)28-17-8-4-15(5-9-17)21(27)25-11-10-19-18(12-25)20(24-23-19)14-2-6-16(22)7-3-14/h2-9H,10-12H2,1H3,(H,23,24). The molecule has 0 fully saturated rings. The zero-order valence-electron chi connectivity index (χ0n) is 15.2. The van der Waals surface area contributed by atoms with E-state index in [2.05, 4.69) is 10.2 Å². The van der Waals surface area contributed by atoms with Crippen LogP contribution in [0.25, 0.3) is 11.3 Å². The minimum Gasteiger partial charge on any atom is -0.427 e. The molecule has 2 aromatic carbocycles. The number of aromatic nitrogens is 2. The van der Waals surface area contributed by atoms with E-state index < -0.39 is 5.97 Å². The molecule has 1 aliphatic rings. The van der Waals surface area contributed by atoms with Crippen LogP contribution in [0.3, 0.4) is 0 Å². The third-order valence-corrected chi connectivity index (χ3v) is 4.95. The molecule has 0 bridgehead atoms. The zero-order chi connectivity index (χ0) is 19.7. The normalized spacial score (nSPS) is 13.1. The predicted octanol–water partition coefficient (Wildman–Crippen LogP) is 3.85. The van der Waals surface area contributed by atoms with Crippen LogP contribution in [-0.2, 0) is 17.8 Å². The summed E-state index contributed by atoms with van der Waals surface area (Å²) in [5, 5.41) is 8.21. The van der Waals surface area contributed by atoms with Crippen molar-refractivity contribution in [1.29, 1.82) is 0 Å². The van der Waals surface area contributed by atoms with Crippen molar-refractivity contribution in [3.05, 3.63) is 70.4 Å². The van der Waals surface area contributed by atoms with Gasteiger partial charge in [0.05, 0.1) is 5.69 Å². The Morgan fingerprint density at radius 2 is 1.82 bits per heavy atom. The Morgan fingerprint density at radius 1 is 1.11 bits per heavy atom. The van der Waals surface area contributed by atoms with Crippen LogP contribution in [0.1, 0.15) is 28.5 Å². The number of ether oxygens (including phenoxy) is 1. The molecule has 142 valence electrons. The van der Waals surface area contributed by atoms with Crippen molar-refractivity contribution in [2.45, 2.75) is 19.9 Å². The molecular formula is C21H18ClN3O3. The molecule has 0 atom stereocenters. The smallest absolute Gasteiger partial charge is 0.308 e.